The summed E-state index contributed by atoms with van der Waals surface area (Å²) in [7, 11) is -1.73. The molecule has 0 bridgehead atoms. The number of hydrogen-bond donors (Lipinski definition) is 3. The lowest BCUT2D eigenvalue weighted by Crippen LogP contribution is -2.40. The minimum atomic E-state index is -3.22. The average molecular weight is 223 g/mol. The summed E-state index contributed by atoms with van der Waals surface area (Å²) in [5, 5.41) is 4.37. The van der Waals surface area contributed by atoms with Crippen LogP contribution in [-0.2, 0) is 10.0 Å². The first kappa shape index (κ1) is 13.2. The molecule has 0 unspecified atom stereocenters. The molecule has 14 heavy (non-hydrogen) atoms. The van der Waals surface area contributed by atoms with Crippen LogP contribution in [0.2, 0.25) is 0 Å². The Morgan fingerprint density at radius 1 is 1.29 bits per heavy atom. The Hall–Kier alpha value is -0.820. The second-order valence-electron chi connectivity index (χ2n) is 2.99. The predicted molar refractivity (Wildman–Crippen MR) is 54.5 cm³/mol. The van der Waals surface area contributed by atoms with Crippen LogP contribution in [-0.4, -0.2) is 39.8 Å². The largest absolute Gasteiger partial charge is 0.341 e. The molecule has 0 aliphatic heterocycles. The van der Waals surface area contributed by atoms with Crippen molar-refractivity contribution < 1.29 is 13.2 Å². The van der Waals surface area contributed by atoms with Crippen molar-refractivity contribution in [3.63, 3.8) is 0 Å². The van der Waals surface area contributed by atoms with Crippen LogP contribution in [0.5, 0.6) is 0 Å². The van der Waals surface area contributed by atoms with Gasteiger partial charge < -0.3 is 10.6 Å². The van der Waals surface area contributed by atoms with E-state index in [1.54, 1.807) is 13.8 Å². The van der Waals surface area contributed by atoms with Gasteiger partial charge in [-0.3, -0.25) is 0 Å². The van der Waals surface area contributed by atoms with Gasteiger partial charge in [-0.05, 0) is 13.8 Å². The molecule has 0 rings (SSSR count). The Kier molecular flexibility index (Phi) is 5.47. The van der Waals surface area contributed by atoms with Crippen molar-refractivity contribution in [3.05, 3.63) is 0 Å². The number of urea groups is 1. The molecule has 0 aromatic heterocycles. The van der Waals surface area contributed by atoms with Crippen LogP contribution in [0.15, 0.2) is 0 Å². The summed E-state index contributed by atoms with van der Waals surface area (Å²) in [6, 6.07) is -0.325. The molecular weight excluding hydrogens is 206 g/mol. The van der Waals surface area contributed by atoms with E-state index >= 15 is 0 Å². The van der Waals surface area contributed by atoms with E-state index in [9.17, 15) is 13.2 Å². The molecule has 84 valence electrons. The molecule has 0 heterocycles. The van der Waals surface area contributed by atoms with E-state index < -0.39 is 15.3 Å². The first-order valence-electron chi connectivity index (χ1n) is 4.34. The number of carbonyl (C=O) groups excluding carboxylic acids is 1. The zero-order valence-electron chi connectivity index (χ0n) is 8.62. The van der Waals surface area contributed by atoms with Crippen molar-refractivity contribution in [2.75, 3.05) is 20.1 Å². The summed E-state index contributed by atoms with van der Waals surface area (Å²) in [5.74, 6) is 0. The summed E-state index contributed by atoms with van der Waals surface area (Å²) < 4.78 is 24.8. The number of sulfonamides is 1. The normalized spacial score (nSPS) is 11.4. The van der Waals surface area contributed by atoms with E-state index in [4.69, 9.17) is 0 Å². The molecular formula is C7H17N3O3S. The van der Waals surface area contributed by atoms with Gasteiger partial charge in [0.05, 0.1) is 5.25 Å². The van der Waals surface area contributed by atoms with Gasteiger partial charge in [0.25, 0.3) is 0 Å². The highest BCUT2D eigenvalue weighted by atomic mass is 32.2. The fourth-order valence-electron chi connectivity index (χ4n) is 0.624. The Balaban J connectivity index is 3.71. The first-order chi connectivity index (χ1) is 6.40. The molecule has 3 N–H and O–H groups in total. The van der Waals surface area contributed by atoms with Crippen LogP contribution >= 0.6 is 0 Å². The smallest absolute Gasteiger partial charge is 0.314 e. The zero-order chi connectivity index (χ0) is 11.2. The first-order valence-corrected chi connectivity index (χ1v) is 5.89. The number of hydrogen-bond acceptors (Lipinski definition) is 3. The van der Waals surface area contributed by atoms with Crippen molar-refractivity contribution in [2.45, 2.75) is 19.1 Å². The van der Waals surface area contributed by atoms with Crippen molar-refractivity contribution in [1.29, 1.82) is 0 Å². The molecule has 0 saturated carbocycles. The molecule has 0 aliphatic carbocycles. The van der Waals surface area contributed by atoms with Crippen LogP contribution in [0.25, 0.3) is 0 Å². The van der Waals surface area contributed by atoms with Crippen LogP contribution in [0.1, 0.15) is 13.8 Å². The molecule has 0 radical (unpaired) electrons. The van der Waals surface area contributed by atoms with Gasteiger partial charge >= 0.3 is 6.03 Å². The summed E-state index contributed by atoms with van der Waals surface area (Å²) in [6.45, 7) is 3.66. The predicted octanol–water partition coefficient (Wildman–Crippen LogP) is -0.757. The third-order valence-electron chi connectivity index (χ3n) is 1.56. The van der Waals surface area contributed by atoms with Crippen LogP contribution < -0.4 is 15.4 Å². The van der Waals surface area contributed by atoms with Crippen molar-refractivity contribution >= 4 is 16.1 Å². The maximum atomic E-state index is 11.2. The fraction of sp³-hybridized carbons (Fsp3) is 0.857. The van der Waals surface area contributed by atoms with Crippen molar-refractivity contribution in [2.24, 2.45) is 0 Å². The molecule has 0 saturated heterocycles. The molecule has 0 spiro atoms. The summed E-state index contributed by atoms with van der Waals surface area (Å²) >= 11 is 0. The van der Waals surface area contributed by atoms with E-state index in [-0.39, 0.29) is 19.1 Å². The highest BCUT2D eigenvalue weighted by Crippen LogP contribution is 1.93. The monoisotopic (exact) mass is 223 g/mol. The van der Waals surface area contributed by atoms with E-state index in [1.807, 2.05) is 0 Å². The lowest BCUT2D eigenvalue weighted by molar-refractivity contribution is 0.243. The minimum absolute atomic E-state index is 0.202. The number of amides is 2. The van der Waals surface area contributed by atoms with Crippen molar-refractivity contribution in [3.8, 4) is 0 Å². The van der Waals surface area contributed by atoms with E-state index in [2.05, 4.69) is 15.4 Å². The molecule has 0 aromatic carbocycles. The van der Waals surface area contributed by atoms with Gasteiger partial charge in [-0.1, -0.05) is 0 Å². The lowest BCUT2D eigenvalue weighted by Gasteiger charge is -2.09. The molecule has 2 amide bonds. The SMILES string of the molecule is CNC(=O)NCCNS(=O)(=O)C(C)C. The Morgan fingerprint density at radius 2 is 1.86 bits per heavy atom. The van der Waals surface area contributed by atoms with Gasteiger partial charge in [0, 0.05) is 20.1 Å². The number of rotatable bonds is 5. The van der Waals surface area contributed by atoms with Crippen LogP contribution in [0.4, 0.5) is 4.79 Å². The minimum Gasteiger partial charge on any atom is -0.341 e. The van der Waals surface area contributed by atoms with Gasteiger partial charge in [0.1, 0.15) is 0 Å². The highest BCUT2D eigenvalue weighted by Gasteiger charge is 2.13. The number of nitrogens with one attached hydrogen (secondary N) is 3. The van der Waals surface area contributed by atoms with E-state index in [1.165, 1.54) is 7.05 Å². The lowest BCUT2D eigenvalue weighted by atomic mass is 10.6. The Labute approximate surface area is 84.5 Å². The summed E-state index contributed by atoms with van der Waals surface area (Å²) in [4.78, 5) is 10.7. The maximum Gasteiger partial charge on any atom is 0.314 e. The van der Waals surface area contributed by atoms with Gasteiger partial charge in [0.15, 0.2) is 0 Å². The highest BCUT2D eigenvalue weighted by molar-refractivity contribution is 7.90. The molecule has 0 fully saturated rings. The fourth-order valence-corrected chi connectivity index (χ4v) is 1.34. The second-order valence-corrected chi connectivity index (χ2v) is 5.32. The standard InChI is InChI=1S/C7H17N3O3S/c1-6(2)14(12,13)10-5-4-9-7(11)8-3/h6,10H,4-5H2,1-3H3,(H2,8,9,11). The summed E-state index contributed by atoms with van der Waals surface area (Å²) in [6.07, 6.45) is 0. The van der Waals surface area contributed by atoms with Gasteiger partial charge in [-0.15, -0.1) is 0 Å². The van der Waals surface area contributed by atoms with Gasteiger partial charge in [-0.2, -0.15) is 0 Å². The van der Waals surface area contributed by atoms with E-state index in [0.29, 0.717) is 0 Å². The molecule has 0 aromatic rings. The van der Waals surface area contributed by atoms with E-state index in [0.717, 1.165) is 0 Å². The molecule has 0 aliphatic rings. The van der Waals surface area contributed by atoms with Crippen LogP contribution in [0.3, 0.4) is 0 Å². The number of carbonyl (C=O) groups is 1. The van der Waals surface area contributed by atoms with Gasteiger partial charge in [-0.25, -0.2) is 17.9 Å². The molecule has 6 nitrogen and oxygen atoms in total. The Morgan fingerprint density at radius 3 is 2.29 bits per heavy atom. The topological polar surface area (TPSA) is 87.3 Å². The third kappa shape index (κ3) is 5.03. The second kappa shape index (κ2) is 5.82. The zero-order valence-corrected chi connectivity index (χ0v) is 9.44. The quantitative estimate of drug-likeness (QED) is 0.536. The van der Waals surface area contributed by atoms with Crippen molar-refractivity contribution in [1.82, 2.24) is 15.4 Å². The van der Waals surface area contributed by atoms with Gasteiger partial charge in [0.2, 0.25) is 10.0 Å². The Bertz CT molecular complexity index is 274. The molecule has 0 atom stereocenters. The third-order valence-corrected chi connectivity index (χ3v) is 3.41. The van der Waals surface area contributed by atoms with Crippen LogP contribution in [0, 0.1) is 0 Å². The summed E-state index contributed by atoms with van der Waals surface area (Å²) in [5.41, 5.74) is 0. The average Bonchev–Trinajstić information content (AvgIpc) is 2.11. The molecule has 7 heteroatoms. The maximum absolute atomic E-state index is 11.2.